The summed E-state index contributed by atoms with van der Waals surface area (Å²) in [4.78, 5) is 4.59. The molecular weight excluding hydrogens is 354 g/mol. The van der Waals surface area contributed by atoms with Crippen LogP contribution in [-0.2, 0) is 5.41 Å². The van der Waals surface area contributed by atoms with E-state index in [4.69, 9.17) is 4.42 Å². The molecule has 4 aliphatic carbocycles. The van der Waals surface area contributed by atoms with Crippen LogP contribution in [0.2, 0.25) is 0 Å². The number of rotatable bonds is 2. The maximum absolute atomic E-state index is 6.72. The highest BCUT2D eigenvalue weighted by molar-refractivity contribution is 6.10. The zero-order chi connectivity index (χ0) is 19.0. The number of benzene rings is 2. The second-order valence-corrected chi connectivity index (χ2v) is 9.88. The fraction of sp³-hybridized carbons (Fsp3) is 0.370. The van der Waals surface area contributed by atoms with E-state index < -0.39 is 0 Å². The summed E-state index contributed by atoms with van der Waals surface area (Å²) >= 11 is 0. The smallest absolute Gasteiger partial charge is 0.144 e. The molecule has 0 spiro atoms. The van der Waals surface area contributed by atoms with E-state index in [0.29, 0.717) is 5.41 Å². The molecule has 29 heavy (non-hydrogen) atoms. The molecule has 0 N–H and O–H groups in total. The minimum atomic E-state index is 0.341. The largest absolute Gasteiger partial charge is 0.455 e. The summed E-state index contributed by atoms with van der Waals surface area (Å²) in [5.74, 6) is 2.81. The summed E-state index contributed by atoms with van der Waals surface area (Å²) in [6.07, 6.45) is 10.4. The first-order valence-corrected chi connectivity index (χ1v) is 11.2. The predicted molar refractivity (Wildman–Crippen MR) is 117 cm³/mol. The number of pyridine rings is 1. The van der Waals surface area contributed by atoms with Crippen molar-refractivity contribution in [2.24, 2.45) is 17.8 Å². The number of hydrogen-bond donors (Lipinski definition) is 0. The Morgan fingerprint density at radius 2 is 1.41 bits per heavy atom. The molecule has 0 unspecified atom stereocenters. The zero-order valence-corrected chi connectivity index (χ0v) is 16.6. The van der Waals surface area contributed by atoms with Crippen molar-refractivity contribution < 1.29 is 4.42 Å². The Hall–Kier alpha value is -2.61. The van der Waals surface area contributed by atoms with Crippen LogP contribution in [0.3, 0.4) is 0 Å². The van der Waals surface area contributed by atoms with Crippen LogP contribution in [0.4, 0.5) is 0 Å². The van der Waals surface area contributed by atoms with Crippen molar-refractivity contribution in [1.82, 2.24) is 4.98 Å². The molecule has 0 radical (unpaired) electrons. The number of hydrogen-bond acceptors (Lipinski definition) is 2. The highest BCUT2D eigenvalue weighted by Crippen LogP contribution is 2.61. The topological polar surface area (TPSA) is 26.0 Å². The summed E-state index contributed by atoms with van der Waals surface area (Å²) in [7, 11) is 0. The second-order valence-electron chi connectivity index (χ2n) is 9.88. The molecule has 0 amide bonds. The molecule has 0 saturated heterocycles. The van der Waals surface area contributed by atoms with Crippen LogP contribution in [0.25, 0.3) is 33.2 Å². The van der Waals surface area contributed by atoms with Crippen LogP contribution in [0.5, 0.6) is 0 Å². The molecule has 4 aliphatic rings. The summed E-state index contributed by atoms with van der Waals surface area (Å²) in [5.41, 5.74) is 6.01. The molecule has 2 heterocycles. The lowest BCUT2D eigenvalue weighted by molar-refractivity contribution is -0.00485. The van der Waals surface area contributed by atoms with Gasteiger partial charge < -0.3 is 4.42 Å². The minimum absolute atomic E-state index is 0.341. The predicted octanol–water partition coefficient (Wildman–Crippen LogP) is 7.12. The zero-order valence-electron chi connectivity index (χ0n) is 16.6. The Bertz CT molecular complexity index is 1200. The Kier molecular flexibility index (Phi) is 3.20. The molecule has 2 heteroatoms. The van der Waals surface area contributed by atoms with Gasteiger partial charge in [0.2, 0.25) is 0 Å². The standard InChI is InChI=1S/C27H25NO/c1-2-10-28-24(9-1)22-7-3-5-20-21-6-4-8-23(26(21)29-25(20)22)27-14-17-11-18(15-27)13-19(12-17)16-27/h1-10,17-19H,11-16H2. The highest BCUT2D eigenvalue weighted by Gasteiger charge is 2.52. The molecule has 4 bridgehead atoms. The quantitative estimate of drug-likeness (QED) is 0.371. The average molecular weight is 380 g/mol. The molecule has 0 atom stereocenters. The van der Waals surface area contributed by atoms with Crippen LogP contribution >= 0.6 is 0 Å². The van der Waals surface area contributed by atoms with E-state index in [0.717, 1.165) is 40.2 Å². The van der Waals surface area contributed by atoms with E-state index in [-0.39, 0.29) is 0 Å². The molecule has 0 aliphatic heterocycles. The molecule has 8 rings (SSSR count). The lowest BCUT2D eigenvalue weighted by atomic mass is 9.48. The Balaban J connectivity index is 1.48. The fourth-order valence-electron chi connectivity index (χ4n) is 7.40. The van der Waals surface area contributed by atoms with Crippen molar-refractivity contribution in [1.29, 1.82) is 0 Å². The Morgan fingerprint density at radius 1 is 0.724 bits per heavy atom. The molecule has 4 fully saturated rings. The SMILES string of the molecule is c1ccc(-c2cccc3c2oc2c(C45CC6CC(CC(C6)C4)C5)cccc23)nc1. The van der Waals surface area contributed by atoms with Crippen molar-refractivity contribution in [3.05, 3.63) is 66.4 Å². The van der Waals surface area contributed by atoms with Gasteiger partial charge >= 0.3 is 0 Å². The summed E-state index contributed by atoms with van der Waals surface area (Å²) in [6.45, 7) is 0. The number of fused-ring (bicyclic) bond motifs is 3. The van der Waals surface area contributed by atoms with Gasteiger partial charge in [-0.1, -0.05) is 36.4 Å². The summed E-state index contributed by atoms with van der Waals surface area (Å²) in [6, 6.07) is 19.4. The van der Waals surface area contributed by atoms with Crippen LogP contribution < -0.4 is 0 Å². The molecule has 2 nitrogen and oxygen atoms in total. The van der Waals surface area contributed by atoms with Gasteiger partial charge in [-0.3, -0.25) is 4.98 Å². The van der Waals surface area contributed by atoms with Crippen LogP contribution in [-0.4, -0.2) is 4.98 Å². The van der Waals surface area contributed by atoms with E-state index in [1.54, 1.807) is 0 Å². The first-order chi connectivity index (χ1) is 14.3. The number of nitrogens with zero attached hydrogens (tertiary/aromatic N) is 1. The minimum Gasteiger partial charge on any atom is -0.455 e. The monoisotopic (exact) mass is 379 g/mol. The lowest BCUT2D eigenvalue weighted by Crippen LogP contribution is -2.48. The maximum atomic E-state index is 6.72. The lowest BCUT2D eigenvalue weighted by Gasteiger charge is -2.57. The van der Waals surface area contributed by atoms with Gasteiger partial charge in [-0.15, -0.1) is 0 Å². The van der Waals surface area contributed by atoms with Gasteiger partial charge in [-0.05, 0) is 79.9 Å². The van der Waals surface area contributed by atoms with Gasteiger partial charge in [0.15, 0.2) is 0 Å². The van der Waals surface area contributed by atoms with E-state index >= 15 is 0 Å². The van der Waals surface area contributed by atoms with Crippen molar-refractivity contribution >= 4 is 21.9 Å². The van der Waals surface area contributed by atoms with Crippen LogP contribution in [0.15, 0.2) is 65.2 Å². The van der Waals surface area contributed by atoms with E-state index in [1.165, 1.54) is 54.9 Å². The molecule has 4 saturated carbocycles. The Labute approximate surface area is 170 Å². The van der Waals surface area contributed by atoms with Gasteiger partial charge in [0.05, 0.1) is 5.69 Å². The third-order valence-electron chi connectivity index (χ3n) is 8.07. The number of para-hydroxylation sites is 2. The Morgan fingerprint density at radius 3 is 2.10 bits per heavy atom. The van der Waals surface area contributed by atoms with E-state index in [1.807, 2.05) is 18.3 Å². The fourth-order valence-corrected chi connectivity index (χ4v) is 7.40. The maximum Gasteiger partial charge on any atom is 0.144 e. The van der Waals surface area contributed by atoms with Gasteiger partial charge in [0, 0.05) is 28.1 Å². The second kappa shape index (κ2) is 5.72. The molecule has 144 valence electrons. The van der Waals surface area contributed by atoms with Gasteiger partial charge in [-0.25, -0.2) is 0 Å². The molecule has 4 aromatic rings. The molecular formula is C27H25NO. The normalized spacial score (nSPS) is 30.4. The summed E-state index contributed by atoms with van der Waals surface area (Å²) < 4.78 is 6.72. The first kappa shape index (κ1) is 16.2. The van der Waals surface area contributed by atoms with Gasteiger partial charge in [0.1, 0.15) is 11.2 Å². The average Bonchev–Trinajstić information content (AvgIpc) is 3.12. The number of furan rings is 1. The third kappa shape index (κ3) is 2.26. The number of aromatic nitrogens is 1. The van der Waals surface area contributed by atoms with Gasteiger partial charge in [-0.2, -0.15) is 0 Å². The van der Waals surface area contributed by atoms with Crippen LogP contribution in [0, 0.1) is 17.8 Å². The van der Waals surface area contributed by atoms with Crippen molar-refractivity contribution in [3.63, 3.8) is 0 Å². The summed E-state index contributed by atoms with van der Waals surface area (Å²) in [5, 5.41) is 2.49. The van der Waals surface area contributed by atoms with E-state index in [2.05, 4.69) is 47.4 Å². The molecule has 2 aromatic heterocycles. The third-order valence-corrected chi connectivity index (χ3v) is 8.07. The highest BCUT2D eigenvalue weighted by atomic mass is 16.3. The van der Waals surface area contributed by atoms with Crippen molar-refractivity contribution in [3.8, 4) is 11.3 Å². The molecule has 2 aromatic carbocycles. The van der Waals surface area contributed by atoms with Crippen molar-refractivity contribution in [2.45, 2.75) is 43.9 Å². The van der Waals surface area contributed by atoms with Gasteiger partial charge in [0.25, 0.3) is 0 Å². The first-order valence-electron chi connectivity index (χ1n) is 11.2. The van der Waals surface area contributed by atoms with Crippen LogP contribution in [0.1, 0.15) is 44.1 Å². The van der Waals surface area contributed by atoms with Crippen molar-refractivity contribution in [2.75, 3.05) is 0 Å². The van der Waals surface area contributed by atoms with E-state index in [9.17, 15) is 0 Å².